The lowest BCUT2D eigenvalue weighted by Gasteiger charge is -2.00. The Morgan fingerprint density at radius 3 is 2.67 bits per heavy atom. The van der Waals surface area contributed by atoms with Crippen LogP contribution in [0.25, 0.3) is 0 Å². The number of anilines is 1. The molecule has 5 heteroatoms. The molecule has 0 saturated carbocycles. The van der Waals surface area contributed by atoms with Crippen molar-refractivity contribution >= 4 is 17.6 Å². The molecule has 0 heterocycles. The maximum absolute atomic E-state index is 12.7. The third kappa shape index (κ3) is 4.04. The number of amides is 1. The van der Waals surface area contributed by atoms with Crippen molar-refractivity contribution in [3.8, 4) is 0 Å². The lowest BCUT2D eigenvalue weighted by molar-refractivity contribution is -0.131. The van der Waals surface area contributed by atoms with Crippen molar-refractivity contribution in [2.45, 2.75) is 0 Å². The summed E-state index contributed by atoms with van der Waals surface area (Å²) < 4.78 is 12.7. The van der Waals surface area contributed by atoms with Crippen LogP contribution in [0.1, 0.15) is 0 Å². The zero-order chi connectivity index (χ0) is 11.3. The van der Waals surface area contributed by atoms with E-state index in [4.69, 9.17) is 5.11 Å². The van der Waals surface area contributed by atoms with Crippen LogP contribution in [0.2, 0.25) is 0 Å². The molecule has 0 unspecified atom stereocenters. The smallest absolute Gasteiger partial charge is 0.328 e. The molecule has 4 nitrogen and oxygen atoms in total. The van der Waals surface area contributed by atoms with Crippen LogP contribution in [0.3, 0.4) is 0 Å². The molecule has 1 amide bonds. The van der Waals surface area contributed by atoms with Gasteiger partial charge in [0.25, 0.3) is 0 Å². The second-order valence-electron chi connectivity index (χ2n) is 2.67. The second-order valence-corrected chi connectivity index (χ2v) is 2.67. The fourth-order valence-electron chi connectivity index (χ4n) is 0.897. The molecule has 0 aliphatic heterocycles. The topological polar surface area (TPSA) is 66.4 Å². The summed E-state index contributed by atoms with van der Waals surface area (Å²) in [5, 5.41) is 10.6. The molecule has 0 saturated heterocycles. The van der Waals surface area contributed by atoms with Crippen LogP contribution < -0.4 is 5.32 Å². The van der Waals surface area contributed by atoms with Crippen molar-refractivity contribution in [1.82, 2.24) is 0 Å². The van der Waals surface area contributed by atoms with Gasteiger partial charge in [0.05, 0.1) is 0 Å². The number of carboxylic acid groups (broad SMARTS) is 1. The quantitative estimate of drug-likeness (QED) is 0.739. The summed E-state index contributed by atoms with van der Waals surface area (Å²) in [5.41, 5.74) is 0.273. The summed E-state index contributed by atoms with van der Waals surface area (Å²) in [6, 6.07) is 5.30. The van der Waals surface area contributed by atoms with Gasteiger partial charge in [-0.1, -0.05) is 6.07 Å². The SMILES string of the molecule is O=C(O)/C=C\C(=O)Nc1cccc(F)c1. The molecule has 0 fully saturated rings. The summed E-state index contributed by atoms with van der Waals surface area (Å²) in [5.74, 6) is -2.32. The average molecular weight is 209 g/mol. The number of carbonyl (C=O) groups excluding carboxylic acids is 1. The highest BCUT2D eigenvalue weighted by Gasteiger charge is 1.99. The lowest BCUT2D eigenvalue weighted by atomic mass is 10.3. The van der Waals surface area contributed by atoms with Crippen LogP contribution in [0.5, 0.6) is 0 Å². The van der Waals surface area contributed by atoms with Gasteiger partial charge in [0.1, 0.15) is 5.82 Å². The summed E-state index contributed by atoms with van der Waals surface area (Å²) in [4.78, 5) is 21.1. The minimum Gasteiger partial charge on any atom is -0.478 e. The number of hydrogen-bond acceptors (Lipinski definition) is 2. The number of hydrogen-bond donors (Lipinski definition) is 2. The second kappa shape index (κ2) is 4.90. The highest BCUT2D eigenvalue weighted by Crippen LogP contribution is 2.08. The first-order chi connectivity index (χ1) is 7.08. The molecule has 0 atom stereocenters. The number of aliphatic carboxylic acids is 1. The molecule has 0 radical (unpaired) electrons. The normalized spacial score (nSPS) is 10.2. The van der Waals surface area contributed by atoms with E-state index < -0.39 is 17.7 Å². The Labute approximate surface area is 85.0 Å². The van der Waals surface area contributed by atoms with Gasteiger partial charge in [-0.25, -0.2) is 9.18 Å². The minimum absolute atomic E-state index is 0.273. The minimum atomic E-state index is -1.22. The van der Waals surface area contributed by atoms with Gasteiger partial charge in [-0.05, 0) is 18.2 Å². The standard InChI is InChI=1S/C10H8FNO3/c11-7-2-1-3-8(6-7)12-9(13)4-5-10(14)15/h1-6H,(H,12,13)(H,14,15)/b5-4-. The van der Waals surface area contributed by atoms with Crippen LogP contribution >= 0.6 is 0 Å². The predicted molar refractivity (Wildman–Crippen MR) is 51.8 cm³/mol. The first-order valence-electron chi connectivity index (χ1n) is 4.05. The van der Waals surface area contributed by atoms with Gasteiger partial charge in [-0.3, -0.25) is 4.79 Å². The zero-order valence-electron chi connectivity index (χ0n) is 7.61. The molecule has 0 aliphatic carbocycles. The molecule has 78 valence electrons. The van der Waals surface area contributed by atoms with Crippen LogP contribution in [0.4, 0.5) is 10.1 Å². The van der Waals surface area contributed by atoms with Gasteiger partial charge in [-0.15, -0.1) is 0 Å². The third-order valence-corrected chi connectivity index (χ3v) is 1.47. The average Bonchev–Trinajstić information content (AvgIpc) is 2.15. The van der Waals surface area contributed by atoms with Crippen molar-refractivity contribution in [2.24, 2.45) is 0 Å². The van der Waals surface area contributed by atoms with Crippen molar-refractivity contribution < 1.29 is 19.1 Å². The molecule has 1 aromatic rings. The van der Waals surface area contributed by atoms with Gasteiger partial charge in [0.15, 0.2) is 0 Å². The van der Waals surface area contributed by atoms with Gasteiger partial charge in [0, 0.05) is 17.8 Å². The van der Waals surface area contributed by atoms with E-state index in [9.17, 15) is 14.0 Å². The van der Waals surface area contributed by atoms with E-state index in [2.05, 4.69) is 5.32 Å². The van der Waals surface area contributed by atoms with Gasteiger partial charge < -0.3 is 10.4 Å². The molecule has 0 bridgehead atoms. The fraction of sp³-hybridized carbons (Fsp3) is 0. The number of carbonyl (C=O) groups is 2. The molecule has 1 rings (SSSR count). The summed E-state index contributed by atoms with van der Waals surface area (Å²) >= 11 is 0. The molecule has 0 aromatic heterocycles. The summed E-state index contributed by atoms with van der Waals surface area (Å²) in [6.07, 6.45) is 1.56. The lowest BCUT2D eigenvalue weighted by Crippen LogP contribution is -2.08. The van der Waals surface area contributed by atoms with E-state index >= 15 is 0 Å². The first-order valence-corrected chi connectivity index (χ1v) is 4.05. The van der Waals surface area contributed by atoms with Crippen LogP contribution in [0.15, 0.2) is 36.4 Å². The molecule has 0 spiro atoms. The Balaban J connectivity index is 2.63. The number of carboxylic acids is 1. The molecule has 15 heavy (non-hydrogen) atoms. The third-order valence-electron chi connectivity index (χ3n) is 1.47. The number of nitrogens with one attached hydrogen (secondary N) is 1. The maximum atomic E-state index is 12.7. The summed E-state index contributed by atoms with van der Waals surface area (Å²) in [6.45, 7) is 0. The highest BCUT2D eigenvalue weighted by atomic mass is 19.1. The largest absolute Gasteiger partial charge is 0.478 e. The van der Waals surface area contributed by atoms with Crippen molar-refractivity contribution in [3.05, 3.63) is 42.2 Å². The molecular formula is C10H8FNO3. The van der Waals surface area contributed by atoms with Crippen molar-refractivity contribution in [3.63, 3.8) is 0 Å². The number of halogens is 1. The highest BCUT2D eigenvalue weighted by molar-refractivity contribution is 6.02. The summed E-state index contributed by atoms with van der Waals surface area (Å²) in [7, 11) is 0. The van der Waals surface area contributed by atoms with Gasteiger partial charge in [0.2, 0.25) is 5.91 Å². The maximum Gasteiger partial charge on any atom is 0.328 e. The fourth-order valence-corrected chi connectivity index (χ4v) is 0.897. The van der Waals surface area contributed by atoms with E-state index in [0.717, 1.165) is 12.1 Å². The van der Waals surface area contributed by atoms with E-state index in [1.54, 1.807) is 0 Å². The number of rotatable bonds is 3. The van der Waals surface area contributed by atoms with Crippen molar-refractivity contribution in [1.29, 1.82) is 0 Å². The van der Waals surface area contributed by atoms with Gasteiger partial charge >= 0.3 is 5.97 Å². The Kier molecular flexibility index (Phi) is 3.56. The van der Waals surface area contributed by atoms with Crippen LogP contribution in [-0.2, 0) is 9.59 Å². The predicted octanol–water partition coefficient (Wildman–Crippen LogP) is 1.40. The Morgan fingerprint density at radius 2 is 2.07 bits per heavy atom. The Hall–Kier alpha value is -2.17. The molecular weight excluding hydrogens is 201 g/mol. The number of benzene rings is 1. The molecule has 2 N–H and O–H groups in total. The molecule has 1 aromatic carbocycles. The van der Waals surface area contributed by atoms with E-state index in [0.29, 0.717) is 6.08 Å². The van der Waals surface area contributed by atoms with Crippen LogP contribution in [0, 0.1) is 5.82 Å². The Bertz CT molecular complexity index is 415. The van der Waals surface area contributed by atoms with E-state index in [1.807, 2.05) is 0 Å². The van der Waals surface area contributed by atoms with E-state index in [1.165, 1.54) is 18.2 Å². The first kappa shape index (κ1) is 10.9. The Morgan fingerprint density at radius 1 is 1.33 bits per heavy atom. The van der Waals surface area contributed by atoms with Crippen molar-refractivity contribution in [2.75, 3.05) is 5.32 Å². The molecule has 0 aliphatic rings. The van der Waals surface area contributed by atoms with E-state index in [-0.39, 0.29) is 5.69 Å². The zero-order valence-corrected chi connectivity index (χ0v) is 7.61. The van der Waals surface area contributed by atoms with Gasteiger partial charge in [-0.2, -0.15) is 0 Å². The monoisotopic (exact) mass is 209 g/mol. The van der Waals surface area contributed by atoms with Crippen LogP contribution in [-0.4, -0.2) is 17.0 Å².